The van der Waals surface area contributed by atoms with E-state index in [0.717, 1.165) is 12.6 Å². The lowest BCUT2D eigenvalue weighted by Crippen LogP contribution is -2.40. The first kappa shape index (κ1) is 15.5. The van der Waals surface area contributed by atoms with E-state index < -0.39 is 6.10 Å². The van der Waals surface area contributed by atoms with Gasteiger partial charge in [-0.15, -0.1) is 9.24 Å². The van der Waals surface area contributed by atoms with E-state index in [1.54, 1.807) is 0 Å². The molecule has 16 heavy (non-hydrogen) atoms. The van der Waals surface area contributed by atoms with Gasteiger partial charge in [0.25, 0.3) is 0 Å². The van der Waals surface area contributed by atoms with Gasteiger partial charge in [-0.2, -0.15) is 12.6 Å². The molecule has 1 aliphatic rings. The van der Waals surface area contributed by atoms with E-state index in [1.807, 2.05) is 30.9 Å². The molecule has 7 atom stereocenters. The molecule has 1 rings (SSSR count). The van der Waals surface area contributed by atoms with Gasteiger partial charge < -0.3 is 12.9 Å². The van der Waals surface area contributed by atoms with Crippen LogP contribution in [0.4, 0.5) is 0 Å². The second-order valence-electron chi connectivity index (χ2n) is 4.24. The summed E-state index contributed by atoms with van der Waals surface area (Å²) in [6.07, 6.45) is 1.08. The van der Waals surface area contributed by atoms with E-state index in [4.69, 9.17) is 7.80 Å². The zero-order chi connectivity index (χ0) is 12.3. The van der Waals surface area contributed by atoms with Crippen LogP contribution in [0.15, 0.2) is 0 Å². The Bertz CT molecular complexity index is 223. The van der Waals surface area contributed by atoms with E-state index >= 15 is 0 Å². The van der Waals surface area contributed by atoms with Crippen molar-refractivity contribution in [3.8, 4) is 0 Å². The largest absolute Gasteiger partial charge is 0.388 e. The maximum absolute atomic E-state index is 9.91. The van der Waals surface area contributed by atoms with E-state index in [1.165, 1.54) is 0 Å². The van der Waals surface area contributed by atoms with Crippen molar-refractivity contribution in [2.75, 3.05) is 6.16 Å². The molecule has 7 heteroatoms. The third-order valence-corrected chi connectivity index (χ3v) is 5.17. The first-order chi connectivity index (χ1) is 7.56. The second-order valence-corrected chi connectivity index (χ2v) is 5.82. The topological polar surface area (TPSA) is 38.7 Å². The fourth-order valence-electron chi connectivity index (χ4n) is 2.06. The van der Waals surface area contributed by atoms with Gasteiger partial charge in [0.05, 0.1) is 12.1 Å². The molecule has 0 spiro atoms. The van der Waals surface area contributed by atoms with Crippen molar-refractivity contribution >= 4 is 52.7 Å². The van der Waals surface area contributed by atoms with Gasteiger partial charge in [0.1, 0.15) is 43.1 Å². The van der Waals surface area contributed by atoms with Crippen LogP contribution in [-0.4, -0.2) is 48.7 Å². The predicted molar refractivity (Wildman–Crippen MR) is 83.2 cm³/mol. The molecule has 0 bridgehead atoms. The summed E-state index contributed by atoms with van der Waals surface area (Å²) in [5, 5.41) is 10.0. The molecule has 1 aliphatic heterocycles. The van der Waals surface area contributed by atoms with Crippen LogP contribution >= 0.6 is 44.9 Å². The quantitative estimate of drug-likeness (QED) is 0.320. The maximum Gasteiger partial charge on any atom is 0.142 e. The molecule has 0 radical (unpaired) electrons. The Morgan fingerprint density at radius 3 is 2.75 bits per heavy atom. The van der Waals surface area contributed by atoms with E-state index in [-0.39, 0.29) is 23.5 Å². The number of halogens is 1. The smallest absolute Gasteiger partial charge is 0.142 e. The number of hydrogen-bond acceptors (Lipinski definition) is 4. The summed E-state index contributed by atoms with van der Waals surface area (Å²) >= 11 is 6.47. The van der Waals surface area contributed by atoms with Gasteiger partial charge in [-0.05, 0) is 12.1 Å². The van der Waals surface area contributed by atoms with Crippen molar-refractivity contribution in [2.45, 2.75) is 42.9 Å². The fourth-order valence-corrected chi connectivity index (χ4v) is 4.08. The van der Waals surface area contributed by atoms with Crippen LogP contribution in [0.3, 0.4) is 0 Å². The number of aliphatic hydroxyl groups excluding tert-OH is 1. The van der Waals surface area contributed by atoms with Crippen molar-refractivity contribution in [2.24, 2.45) is 5.92 Å². The maximum atomic E-state index is 9.91. The Morgan fingerprint density at radius 1 is 1.69 bits per heavy atom. The highest BCUT2D eigenvalue weighted by Gasteiger charge is 2.46. The molecule has 0 aromatic heterocycles. The Labute approximate surface area is 120 Å². The average Bonchev–Trinajstić information content (AvgIpc) is 2.56. The highest BCUT2D eigenvalue weighted by molar-refractivity contribution is 14.1. The lowest BCUT2D eigenvalue weighted by atomic mass is 9.91. The van der Waals surface area contributed by atoms with Gasteiger partial charge in [-0.25, -0.2) is 0 Å². The summed E-state index contributed by atoms with van der Waals surface area (Å²) in [6, 6.07) is -0.179. The highest BCUT2D eigenvalue weighted by Crippen LogP contribution is 2.33. The zero-order valence-electron chi connectivity index (χ0n) is 9.54. The minimum absolute atomic E-state index is 0.0989. The summed E-state index contributed by atoms with van der Waals surface area (Å²) in [5.41, 5.74) is 0. The van der Waals surface area contributed by atoms with Crippen LogP contribution < -0.4 is 0 Å². The Balaban J connectivity index is 2.71. The number of hydrogen-bond donors (Lipinski definition) is 2. The van der Waals surface area contributed by atoms with Crippen molar-refractivity contribution in [3.63, 3.8) is 0 Å². The Hall–Kier alpha value is 1.45. The number of aliphatic hydroxyl groups is 1. The molecule has 1 fully saturated rings. The van der Waals surface area contributed by atoms with Crippen LogP contribution in [0.1, 0.15) is 13.3 Å². The molecule has 1 N–H and O–H groups in total. The van der Waals surface area contributed by atoms with E-state index in [0.29, 0.717) is 5.92 Å². The Kier molecular flexibility index (Phi) is 6.93. The molecule has 1 heterocycles. The predicted octanol–water partition coefficient (Wildman–Crippen LogP) is 0.640. The van der Waals surface area contributed by atoms with Crippen LogP contribution in [0.5, 0.6) is 0 Å². The van der Waals surface area contributed by atoms with Crippen molar-refractivity contribution in [1.29, 1.82) is 0 Å². The van der Waals surface area contributed by atoms with Gasteiger partial charge in [0, 0.05) is 5.25 Å². The molecule has 3 nitrogen and oxygen atoms in total. The van der Waals surface area contributed by atoms with Crippen LogP contribution in [0.2, 0.25) is 0 Å². The molecule has 0 amide bonds. The number of thiol groups is 1. The van der Waals surface area contributed by atoms with Gasteiger partial charge >= 0.3 is 0 Å². The molecule has 0 aromatic carbocycles. The monoisotopic (exact) mass is 376 g/mol. The number of ether oxygens (including phenoxy) is 1. The highest BCUT2D eigenvalue weighted by atomic mass is 127. The van der Waals surface area contributed by atoms with Crippen molar-refractivity contribution in [3.05, 3.63) is 0 Å². The molecule has 1 saturated heterocycles. The first-order valence-corrected chi connectivity index (χ1v) is 7.77. The van der Waals surface area contributed by atoms with Crippen LogP contribution in [-0.2, 0) is 7.80 Å². The molecule has 0 aromatic rings. The molecular formula is C9H19BIO3PS. The third kappa shape index (κ3) is 3.26. The second kappa shape index (κ2) is 7.14. The first-order valence-electron chi connectivity index (χ1n) is 5.55. The van der Waals surface area contributed by atoms with Crippen LogP contribution in [0.25, 0.3) is 0 Å². The normalized spacial score (nSPS) is 38.6. The van der Waals surface area contributed by atoms with Crippen molar-refractivity contribution in [1.82, 2.24) is 0 Å². The van der Waals surface area contributed by atoms with Gasteiger partial charge in [0.15, 0.2) is 0 Å². The average molecular weight is 376 g/mol. The molecular weight excluding hydrogens is 357 g/mol. The third-order valence-electron chi connectivity index (χ3n) is 3.26. The molecule has 0 aliphatic carbocycles. The van der Waals surface area contributed by atoms with Gasteiger partial charge in [0.2, 0.25) is 0 Å². The summed E-state index contributed by atoms with van der Waals surface area (Å²) in [6.45, 7) is 2.15. The minimum atomic E-state index is -0.557. The van der Waals surface area contributed by atoms with E-state index in [9.17, 15) is 5.11 Å². The molecule has 2 unspecified atom stereocenters. The summed E-state index contributed by atoms with van der Waals surface area (Å²) in [4.78, 5) is 0. The fraction of sp³-hybridized carbons (Fsp3) is 1.00. The minimum Gasteiger partial charge on any atom is -0.388 e. The van der Waals surface area contributed by atoms with Gasteiger partial charge in [-0.3, -0.25) is 0 Å². The zero-order valence-corrected chi connectivity index (χ0v) is 13.8. The Morgan fingerprint density at radius 2 is 2.31 bits per heavy atom. The van der Waals surface area contributed by atoms with Gasteiger partial charge in [-0.1, -0.05) is 13.3 Å². The number of rotatable bonds is 5. The van der Waals surface area contributed by atoms with Crippen molar-refractivity contribution < 1.29 is 12.9 Å². The lowest BCUT2D eigenvalue weighted by Gasteiger charge is -2.28. The standard InChI is InChI=1S/C9H19BIO3PS/c1-2-4(3-15)8(16)7-6(14-11)5(12)9(10)13-7/h4-9,12,16H,2-3,10,15H2,1H3/t4?,5-,6+,7+,8-,9-/m1/s1. The molecule has 0 saturated carbocycles. The SMILES string of the molecule is B[C@@H]1O[C@H]([C@H](S)C(CC)CP)[C@@H](OI)[C@H]1O. The summed E-state index contributed by atoms with van der Waals surface area (Å²) in [7, 11) is 4.62. The summed E-state index contributed by atoms with van der Waals surface area (Å²) < 4.78 is 11.1. The van der Waals surface area contributed by atoms with E-state index in [2.05, 4.69) is 28.8 Å². The summed E-state index contributed by atoms with van der Waals surface area (Å²) in [5.74, 6) is 0.463. The van der Waals surface area contributed by atoms with Crippen LogP contribution in [0, 0.1) is 5.92 Å². The molecule has 94 valence electrons. The lowest BCUT2D eigenvalue weighted by molar-refractivity contribution is 0.0443.